The summed E-state index contributed by atoms with van der Waals surface area (Å²) >= 11 is 1.55. The SMILES string of the molecule is Cc1csc(C(=O)N2CCN(C)CC2)c1. The fraction of sp³-hybridized carbons (Fsp3) is 0.545. The summed E-state index contributed by atoms with van der Waals surface area (Å²) < 4.78 is 0. The van der Waals surface area contributed by atoms with Crippen molar-refractivity contribution in [3.05, 3.63) is 21.9 Å². The van der Waals surface area contributed by atoms with E-state index in [2.05, 4.69) is 11.9 Å². The van der Waals surface area contributed by atoms with Gasteiger partial charge in [0, 0.05) is 26.2 Å². The number of carbonyl (C=O) groups is 1. The summed E-state index contributed by atoms with van der Waals surface area (Å²) in [6.45, 7) is 5.70. The Morgan fingerprint density at radius 3 is 2.53 bits per heavy atom. The second-order valence-electron chi connectivity index (χ2n) is 4.08. The summed E-state index contributed by atoms with van der Waals surface area (Å²) in [7, 11) is 2.09. The lowest BCUT2D eigenvalue weighted by molar-refractivity contribution is 0.0669. The molecule has 2 rings (SSSR count). The van der Waals surface area contributed by atoms with Crippen molar-refractivity contribution in [3.63, 3.8) is 0 Å². The molecule has 1 aromatic heterocycles. The molecule has 3 nitrogen and oxygen atoms in total. The van der Waals surface area contributed by atoms with Crippen molar-refractivity contribution in [2.75, 3.05) is 33.2 Å². The van der Waals surface area contributed by atoms with E-state index in [4.69, 9.17) is 0 Å². The molecule has 0 radical (unpaired) electrons. The predicted octanol–water partition coefficient (Wildman–Crippen LogP) is 1.44. The summed E-state index contributed by atoms with van der Waals surface area (Å²) in [5.41, 5.74) is 1.18. The first-order valence-corrected chi connectivity index (χ1v) is 6.08. The van der Waals surface area contributed by atoms with Crippen LogP contribution >= 0.6 is 11.3 Å². The molecule has 0 aliphatic carbocycles. The predicted molar refractivity (Wildman–Crippen MR) is 62.5 cm³/mol. The number of thiophene rings is 1. The van der Waals surface area contributed by atoms with Crippen LogP contribution in [0.3, 0.4) is 0 Å². The normalized spacial score (nSPS) is 18.1. The van der Waals surface area contributed by atoms with E-state index in [1.807, 2.05) is 23.3 Å². The van der Waals surface area contributed by atoms with Crippen molar-refractivity contribution in [1.29, 1.82) is 0 Å². The molecule has 1 aliphatic heterocycles. The fourth-order valence-electron chi connectivity index (χ4n) is 1.71. The molecule has 0 atom stereocenters. The van der Waals surface area contributed by atoms with Gasteiger partial charge in [-0.1, -0.05) is 0 Å². The number of rotatable bonds is 1. The zero-order valence-electron chi connectivity index (χ0n) is 9.19. The van der Waals surface area contributed by atoms with E-state index in [0.717, 1.165) is 31.1 Å². The van der Waals surface area contributed by atoms with E-state index in [9.17, 15) is 4.79 Å². The molecule has 0 spiro atoms. The summed E-state index contributed by atoms with van der Waals surface area (Å²) in [5.74, 6) is 0.196. The zero-order valence-corrected chi connectivity index (χ0v) is 10.0. The van der Waals surface area contributed by atoms with Crippen molar-refractivity contribution in [1.82, 2.24) is 9.80 Å². The number of hydrogen-bond donors (Lipinski definition) is 0. The van der Waals surface area contributed by atoms with Gasteiger partial charge in [-0.15, -0.1) is 11.3 Å². The third kappa shape index (κ3) is 2.38. The number of nitrogens with zero attached hydrogens (tertiary/aromatic N) is 2. The van der Waals surface area contributed by atoms with Gasteiger partial charge in [-0.2, -0.15) is 0 Å². The van der Waals surface area contributed by atoms with E-state index in [1.165, 1.54) is 5.56 Å². The van der Waals surface area contributed by atoms with E-state index in [-0.39, 0.29) is 5.91 Å². The molecule has 0 saturated carbocycles. The number of amides is 1. The Kier molecular flexibility index (Phi) is 3.07. The van der Waals surface area contributed by atoms with E-state index in [0.29, 0.717) is 0 Å². The van der Waals surface area contributed by atoms with Crippen LogP contribution in [0, 0.1) is 6.92 Å². The highest BCUT2D eigenvalue weighted by molar-refractivity contribution is 7.12. The highest BCUT2D eigenvalue weighted by Gasteiger charge is 2.20. The van der Waals surface area contributed by atoms with Crippen LogP contribution in [0.15, 0.2) is 11.4 Å². The van der Waals surface area contributed by atoms with E-state index < -0.39 is 0 Å². The maximum Gasteiger partial charge on any atom is 0.264 e. The lowest BCUT2D eigenvalue weighted by Crippen LogP contribution is -2.46. The third-order valence-corrected chi connectivity index (χ3v) is 3.77. The third-order valence-electron chi connectivity index (χ3n) is 2.73. The van der Waals surface area contributed by atoms with Gasteiger partial charge >= 0.3 is 0 Å². The molecule has 0 N–H and O–H groups in total. The number of aryl methyl sites for hydroxylation is 1. The molecule has 1 aliphatic rings. The first-order chi connectivity index (χ1) is 7.16. The minimum Gasteiger partial charge on any atom is -0.335 e. The molecule has 2 heterocycles. The molecule has 15 heavy (non-hydrogen) atoms. The Morgan fingerprint density at radius 1 is 1.33 bits per heavy atom. The van der Waals surface area contributed by atoms with Crippen molar-refractivity contribution in [3.8, 4) is 0 Å². The zero-order chi connectivity index (χ0) is 10.8. The molecule has 82 valence electrons. The molecule has 4 heteroatoms. The highest BCUT2D eigenvalue weighted by atomic mass is 32.1. The highest BCUT2D eigenvalue weighted by Crippen LogP contribution is 2.16. The molecule has 1 amide bonds. The summed E-state index contributed by atoms with van der Waals surface area (Å²) in [4.78, 5) is 17.1. The minimum atomic E-state index is 0.196. The van der Waals surface area contributed by atoms with Gasteiger partial charge in [0.05, 0.1) is 4.88 Å². The molecule has 0 unspecified atom stereocenters. The van der Waals surface area contributed by atoms with Crippen LogP contribution in [0.25, 0.3) is 0 Å². The Hall–Kier alpha value is -0.870. The van der Waals surface area contributed by atoms with Gasteiger partial charge in [0.25, 0.3) is 5.91 Å². The molecular formula is C11H16N2OS. The van der Waals surface area contributed by atoms with Crippen LogP contribution in [0.4, 0.5) is 0 Å². The number of carbonyl (C=O) groups excluding carboxylic acids is 1. The number of likely N-dealkylation sites (N-methyl/N-ethyl adjacent to an activating group) is 1. The van der Waals surface area contributed by atoms with Crippen LogP contribution in [-0.2, 0) is 0 Å². The van der Waals surface area contributed by atoms with Gasteiger partial charge in [0.2, 0.25) is 0 Å². The molecule has 1 fully saturated rings. The lowest BCUT2D eigenvalue weighted by Gasteiger charge is -2.32. The number of hydrogen-bond acceptors (Lipinski definition) is 3. The fourth-order valence-corrected chi connectivity index (χ4v) is 2.57. The topological polar surface area (TPSA) is 23.6 Å². The van der Waals surface area contributed by atoms with E-state index >= 15 is 0 Å². The largest absolute Gasteiger partial charge is 0.335 e. The van der Waals surface area contributed by atoms with Crippen molar-refractivity contribution >= 4 is 17.2 Å². The van der Waals surface area contributed by atoms with Gasteiger partial charge in [-0.25, -0.2) is 0 Å². The van der Waals surface area contributed by atoms with Gasteiger partial charge in [-0.3, -0.25) is 4.79 Å². The monoisotopic (exact) mass is 224 g/mol. The quantitative estimate of drug-likeness (QED) is 0.721. The summed E-state index contributed by atoms with van der Waals surface area (Å²) in [6, 6.07) is 1.98. The van der Waals surface area contributed by atoms with Crippen LogP contribution in [0.2, 0.25) is 0 Å². The van der Waals surface area contributed by atoms with Crippen LogP contribution in [0.1, 0.15) is 15.2 Å². The maximum absolute atomic E-state index is 12.0. The first-order valence-electron chi connectivity index (χ1n) is 5.20. The summed E-state index contributed by atoms with van der Waals surface area (Å²) in [5, 5.41) is 2.03. The average Bonchev–Trinajstić information content (AvgIpc) is 2.65. The molecule has 1 aromatic rings. The van der Waals surface area contributed by atoms with Gasteiger partial charge in [-0.05, 0) is 31.0 Å². The molecule has 0 aromatic carbocycles. The standard InChI is InChI=1S/C11H16N2OS/c1-9-7-10(15-8-9)11(14)13-5-3-12(2)4-6-13/h7-8H,3-6H2,1-2H3. The van der Waals surface area contributed by atoms with Gasteiger partial charge in [0.15, 0.2) is 0 Å². The van der Waals surface area contributed by atoms with E-state index in [1.54, 1.807) is 11.3 Å². The second-order valence-corrected chi connectivity index (χ2v) is 5.00. The molecule has 1 saturated heterocycles. The maximum atomic E-state index is 12.0. The van der Waals surface area contributed by atoms with Crippen LogP contribution in [0.5, 0.6) is 0 Å². The number of piperazine rings is 1. The molecule has 0 bridgehead atoms. The van der Waals surface area contributed by atoms with Gasteiger partial charge in [0.1, 0.15) is 0 Å². The molecular weight excluding hydrogens is 208 g/mol. The Morgan fingerprint density at radius 2 is 2.00 bits per heavy atom. The minimum absolute atomic E-state index is 0.196. The summed E-state index contributed by atoms with van der Waals surface area (Å²) in [6.07, 6.45) is 0. The van der Waals surface area contributed by atoms with Crippen molar-refractivity contribution in [2.24, 2.45) is 0 Å². The second kappa shape index (κ2) is 4.33. The Bertz CT molecular complexity index is 353. The smallest absolute Gasteiger partial charge is 0.264 e. The average molecular weight is 224 g/mol. The van der Waals surface area contributed by atoms with Crippen molar-refractivity contribution < 1.29 is 4.79 Å². The Labute approximate surface area is 94.3 Å². The van der Waals surface area contributed by atoms with Crippen LogP contribution in [-0.4, -0.2) is 48.9 Å². The first kappa shape index (κ1) is 10.6. The van der Waals surface area contributed by atoms with Gasteiger partial charge < -0.3 is 9.80 Å². The van der Waals surface area contributed by atoms with Crippen molar-refractivity contribution in [2.45, 2.75) is 6.92 Å². The Balaban J connectivity index is 2.02. The lowest BCUT2D eigenvalue weighted by atomic mass is 10.3. The van der Waals surface area contributed by atoms with Crippen LogP contribution < -0.4 is 0 Å².